The second kappa shape index (κ2) is 3.59. The molecule has 4 N–H and O–H groups in total. The predicted molar refractivity (Wildman–Crippen MR) is 64.1 cm³/mol. The molecule has 0 fully saturated rings. The van der Waals surface area contributed by atoms with E-state index in [0.717, 1.165) is 5.56 Å². The first-order valence-corrected chi connectivity index (χ1v) is 5.17. The molecule has 3 rings (SSSR count). The quantitative estimate of drug-likeness (QED) is 0.622. The Kier molecular flexibility index (Phi) is 2.06. The minimum atomic E-state index is -1.08. The first kappa shape index (κ1) is 10.3. The Bertz CT molecular complexity index is 729. The highest BCUT2D eigenvalue weighted by atomic mass is 16.4. The van der Waals surface area contributed by atoms with Crippen molar-refractivity contribution in [3.05, 3.63) is 36.3 Å². The molecule has 0 amide bonds. The lowest BCUT2D eigenvalue weighted by atomic mass is 10.2. The highest BCUT2D eigenvalue weighted by Crippen LogP contribution is 2.21. The smallest absolute Gasteiger partial charge is 0.341 e. The summed E-state index contributed by atoms with van der Waals surface area (Å²) in [6.07, 6.45) is 4.75. The third-order valence-electron chi connectivity index (χ3n) is 2.62. The number of carboxylic acids is 1. The molecule has 0 aliphatic heterocycles. The predicted octanol–water partition coefficient (Wildman–Crippen LogP) is 1.00. The monoisotopic (exact) mass is 243 g/mol. The fraction of sp³-hybridized carbons (Fsp3) is 0. The highest BCUT2D eigenvalue weighted by molar-refractivity contribution is 5.94. The van der Waals surface area contributed by atoms with Crippen LogP contribution in [0, 0.1) is 0 Å². The van der Waals surface area contributed by atoms with Gasteiger partial charge in [-0.25, -0.2) is 9.78 Å². The molecular formula is C11H9N5O2. The molecule has 0 saturated carbocycles. The summed E-state index contributed by atoms with van der Waals surface area (Å²) in [6, 6.07) is 3.48. The van der Waals surface area contributed by atoms with Crippen LogP contribution in [0.5, 0.6) is 0 Å². The van der Waals surface area contributed by atoms with Crippen LogP contribution in [0.25, 0.3) is 16.9 Å². The minimum absolute atomic E-state index is 0.0269. The number of nitrogens with one attached hydrogen (secondary N) is 1. The summed E-state index contributed by atoms with van der Waals surface area (Å²) in [4.78, 5) is 18.2. The normalized spacial score (nSPS) is 10.9. The van der Waals surface area contributed by atoms with Crippen molar-refractivity contribution in [1.29, 1.82) is 0 Å². The third kappa shape index (κ3) is 1.41. The van der Waals surface area contributed by atoms with Gasteiger partial charge in [-0.15, -0.1) is 0 Å². The Morgan fingerprint density at radius 1 is 1.50 bits per heavy atom. The van der Waals surface area contributed by atoms with Crippen LogP contribution >= 0.6 is 0 Å². The first-order chi connectivity index (χ1) is 8.66. The van der Waals surface area contributed by atoms with E-state index in [-0.39, 0.29) is 11.2 Å². The lowest BCUT2D eigenvalue weighted by Gasteiger charge is -2.03. The molecule has 0 aliphatic carbocycles. The molecule has 7 nitrogen and oxygen atoms in total. The lowest BCUT2D eigenvalue weighted by Crippen LogP contribution is -2.03. The molecule has 0 aromatic carbocycles. The maximum absolute atomic E-state index is 11.0. The molecule has 3 aromatic rings. The Balaban J connectivity index is 2.31. The van der Waals surface area contributed by atoms with Crippen molar-refractivity contribution >= 4 is 17.4 Å². The molecule has 7 heteroatoms. The van der Waals surface area contributed by atoms with Crippen molar-refractivity contribution in [3.63, 3.8) is 0 Å². The average molecular weight is 243 g/mol. The number of nitrogens with zero attached hydrogens (tertiary/aromatic N) is 3. The Morgan fingerprint density at radius 2 is 2.33 bits per heavy atom. The van der Waals surface area contributed by atoms with Crippen LogP contribution in [0.1, 0.15) is 10.4 Å². The summed E-state index contributed by atoms with van der Waals surface area (Å²) >= 11 is 0. The number of hydrogen-bond donors (Lipinski definition) is 3. The van der Waals surface area contributed by atoms with E-state index in [1.54, 1.807) is 18.5 Å². The van der Waals surface area contributed by atoms with Gasteiger partial charge in [-0.1, -0.05) is 0 Å². The van der Waals surface area contributed by atoms with Crippen molar-refractivity contribution in [1.82, 2.24) is 19.6 Å². The first-order valence-electron chi connectivity index (χ1n) is 5.17. The van der Waals surface area contributed by atoms with E-state index in [4.69, 9.17) is 10.8 Å². The third-order valence-corrected chi connectivity index (χ3v) is 2.62. The maximum atomic E-state index is 11.0. The second-order valence-corrected chi connectivity index (χ2v) is 3.76. The number of aromatic carboxylic acids is 1. The van der Waals surface area contributed by atoms with E-state index in [0.29, 0.717) is 11.5 Å². The van der Waals surface area contributed by atoms with Gasteiger partial charge in [0, 0.05) is 24.0 Å². The van der Waals surface area contributed by atoms with Crippen LogP contribution in [0.4, 0.5) is 5.82 Å². The number of aromatic amines is 1. The van der Waals surface area contributed by atoms with Gasteiger partial charge in [-0.05, 0) is 6.07 Å². The molecule has 0 atom stereocenters. The number of fused-ring (bicyclic) bond motifs is 1. The molecule has 0 bridgehead atoms. The fourth-order valence-corrected chi connectivity index (χ4v) is 1.77. The second-order valence-electron chi connectivity index (χ2n) is 3.76. The van der Waals surface area contributed by atoms with Crippen LogP contribution in [-0.2, 0) is 0 Å². The van der Waals surface area contributed by atoms with E-state index in [9.17, 15) is 4.79 Å². The molecule has 0 saturated heterocycles. The summed E-state index contributed by atoms with van der Waals surface area (Å²) in [7, 11) is 0. The molecule has 90 valence electrons. The van der Waals surface area contributed by atoms with Gasteiger partial charge in [0.05, 0.1) is 11.9 Å². The number of carboxylic acid groups (broad SMARTS) is 1. The van der Waals surface area contributed by atoms with Crippen molar-refractivity contribution in [2.24, 2.45) is 0 Å². The summed E-state index contributed by atoms with van der Waals surface area (Å²) in [5, 5.41) is 12.9. The summed E-state index contributed by atoms with van der Waals surface area (Å²) in [5.41, 5.74) is 7.53. The van der Waals surface area contributed by atoms with Crippen LogP contribution in [0.3, 0.4) is 0 Å². The van der Waals surface area contributed by atoms with Gasteiger partial charge in [-0.2, -0.15) is 9.61 Å². The molecule has 0 spiro atoms. The van der Waals surface area contributed by atoms with Gasteiger partial charge < -0.3 is 15.8 Å². The Labute approximate surface area is 101 Å². The molecule has 0 unspecified atom stereocenters. The van der Waals surface area contributed by atoms with Gasteiger partial charge in [0.15, 0.2) is 5.65 Å². The molecule has 0 aliphatic rings. The standard InChI is InChI=1S/C11H9N5O2/c12-9-3-8(6-1-2-13-4-6)15-10-7(11(17)18)5-14-16(9)10/h1-5,13H,12H2,(H,17,18). The van der Waals surface area contributed by atoms with E-state index in [1.165, 1.54) is 10.7 Å². The summed E-state index contributed by atoms with van der Waals surface area (Å²) in [5.74, 6) is -0.744. The molecule has 3 heterocycles. The van der Waals surface area contributed by atoms with Gasteiger partial charge in [0.1, 0.15) is 11.4 Å². The lowest BCUT2D eigenvalue weighted by molar-refractivity contribution is 0.0699. The zero-order valence-corrected chi connectivity index (χ0v) is 9.16. The van der Waals surface area contributed by atoms with Crippen molar-refractivity contribution < 1.29 is 9.90 Å². The molecule has 18 heavy (non-hydrogen) atoms. The fourth-order valence-electron chi connectivity index (χ4n) is 1.77. The number of rotatable bonds is 2. The van der Waals surface area contributed by atoms with E-state index in [1.807, 2.05) is 6.07 Å². The zero-order chi connectivity index (χ0) is 12.7. The molecule has 0 radical (unpaired) electrons. The topological polar surface area (TPSA) is 109 Å². The molecule has 3 aromatic heterocycles. The summed E-state index contributed by atoms with van der Waals surface area (Å²) in [6.45, 7) is 0. The zero-order valence-electron chi connectivity index (χ0n) is 9.16. The Morgan fingerprint density at radius 3 is 3.00 bits per heavy atom. The average Bonchev–Trinajstić information content (AvgIpc) is 2.97. The molecular weight excluding hydrogens is 234 g/mol. The number of anilines is 1. The SMILES string of the molecule is Nc1cc(-c2cc[nH]c2)nc2c(C(=O)O)cnn12. The van der Waals surface area contributed by atoms with Crippen LogP contribution in [0.15, 0.2) is 30.7 Å². The van der Waals surface area contributed by atoms with Crippen LogP contribution in [-0.4, -0.2) is 30.7 Å². The van der Waals surface area contributed by atoms with Crippen molar-refractivity contribution in [2.45, 2.75) is 0 Å². The van der Waals surface area contributed by atoms with E-state index >= 15 is 0 Å². The van der Waals surface area contributed by atoms with Gasteiger partial charge in [-0.3, -0.25) is 0 Å². The summed E-state index contributed by atoms with van der Waals surface area (Å²) < 4.78 is 1.31. The maximum Gasteiger partial charge on any atom is 0.341 e. The number of hydrogen-bond acceptors (Lipinski definition) is 4. The van der Waals surface area contributed by atoms with Crippen LogP contribution < -0.4 is 5.73 Å². The van der Waals surface area contributed by atoms with Crippen molar-refractivity contribution in [2.75, 3.05) is 5.73 Å². The van der Waals surface area contributed by atoms with E-state index in [2.05, 4.69) is 15.1 Å². The van der Waals surface area contributed by atoms with Gasteiger partial charge >= 0.3 is 5.97 Å². The van der Waals surface area contributed by atoms with Gasteiger partial charge in [0.2, 0.25) is 0 Å². The van der Waals surface area contributed by atoms with Crippen LogP contribution in [0.2, 0.25) is 0 Å². The highest BCUT2D eigenvalue weighted by Gasteiger charge is 2.15. The van der Waals surface area contributed by atoms with Crippen molar-refractivity contribution in [3.8, 4) is 11.3 Å². The largest absolute Gasteiger partial charge is 0.477 e. The number of carbonyl (C=O) groups is 1. The number of nitrogen functional groups attached to an aromatic ring is 1. The number of aromatic nitrogens is 4. The Hall–Kier alpha value is -2.83. The minimum Gasteiger partial charge on any atom is -0.477 e. The number of H-pyrrole nitrogens is 1. The van der Waals surface area contributed by atoms with Gasteiger partial charge in [0.25, 0.3) is 0 Å². The van der Waals surface area contributed by atoms with E-state index < -0.39 is 5.97 Å². The number of nitrogens with two attached hydrogens (primary N) is 1.